The second-order valence-corrected chi connectivity index (χ2v) is 9.26. The zero-order chi connectivity index (χ0) is 22.1. The van der Waals surface area contributed by atoms with Gasteiger partial charge in [0.25, 0.3) is 5.82 Å². The van der Waals surface area contributed by atoms with Gasteiger partial charge in [-0.15, -0.1) is 0 Å². The third-order valence-corrected chi connectivity index (χ3v) is 7.55. The maximum atomic E-state index is 13.3. The fourth-order valence-corrected chi connectivity index (χ4v) is 5.79. The van der Waals surface area contributed by atoms with E-state index in [1.54, 1.807) is 0 Å². The Balaban J connectivity index is 1.47. The van der Waals surface area contributed by atoms with Gasteiger partial charge in [0.2, 0.25) is 5.91 Å². The average Bonchev–Trinajstić information content (AvgIpc) is 3.40. The van der Waals surface area contributed by atoms with E-state index in [0.717, 1.165) is 50.0 Å². The molecule has 5 heteroatoms. The van der Waals surface area contributed by atoms with E-state index >= 15 is 0 Å². The summed E-state index contributed by atoms with van der Waals surface area (Å²) in [6.07, 6.45) is 8.82. The number of benzene rings is 2. The van der Waals surface area contributed by atoms with Crippen LogP contribution >= 0.6 is 0 Å². The number of primary amides is 1. The summed E-state index contributed by atoms with van der Waals surface area (Å²) in [4.78, 5) is 13.3. The smallest absolute Gasteiger partial charge is 0.253 e. The van der Waals surface area contributed by atoms with Gasteiger partial charge in [-0.05, 0) is 36.3 Å². The minimum Gasteiger partial charge on any atom is -0.373 e. The maximum absolute atomic E-state index is 13.3. The first-order valence-corrected chi connectivity index (χ1v) is 11.7. The summed E-state index contributed by atoms with van der Waals surface area (Å²) in [5, 5.41) is 0. The molecule has 0 bridgehead atoms. The number of rotatable bonds is 8. The minimum absolute atomic E-state index is 0.143. The van der Waals surface area contributed by atoms with Crippen LogP contribution < -0.4 is 10.3 Å². The number of nitrogens with two attached hydrogens (primary N) is 1. The SMILES string of the molecule is Cc1n([C@@H]2CC[C@H](C(C(N)=O)(c3ccccc3)c3ccccc3)C2)cc[n+]1CC[C@H]1CO1. The van der Waals surface area contributed by atoms with Crippen molar-refractivity contribution in [1.82, 2.24) is 4.57 Å². The Bertz CT molecular complexity index is 1030. The van der Waals surface area contributed by atoms with Crippen LogP contribution in [0.3, 0.4) is 0 Å². The van der Waals surface area contributed by atoms with Crippen LogP contribution in [0.4, 0.5) is 0 Å². The standard InChI is InChI=1S/C27H31N3O2/c1-20-29(15-14-25-19-32-25)16-17-30(20)24-13-12-23(18-24)27(26(28)31,21-8-4-2-5-9-21)22-10-6-3-7-11-22/h2-11,16-17,23-25H,12-15,18-19H2,1H3,(H-,28,31)/p+1/t23-,24+,25-/m0/s1. The highest BCUT2D eigenvalue weighted by Crippen LogP contribution is 2.49. The van der Waals surface area contributed by atoms with Crippen LogP contribution in [-0.2, 0) is 21.5 Å². The average molecular weight is 431 g/mol. The van der Waals surface area contributed by atoms with Gasteiger partial charge in [-0.1, -0.05) is 60.7 Å². The van der Waals surface area contributed by atoms with E-state index in [9.17, 15) is 4.79 Å². The molecule has 2 fully saturated rings. The lowest BCUT2D eigenvalue weighted by molar-refractivity contribution is -0.703. The van der Waals surface area contributed by atoms with Gasteiger partial charge in [0.05, 0.1) is 19.3 Å². The molecule has 1 saturated carbocycles. The topological polar surface area (TPSA) is 64.4 Å². The Morgan fingerprint density at radius 3 is 2.28 bits per heavy atom. The number of aromatic nitrogens is 2. The predicted molar refractivity (Wildman–Crippen MR) is 123 cm³/mol. The van der Waals surface area contributed by atoms with Crippen molar-refractivity contribution < 1.29 is 14.1 Å². The molecule has 2 aliphatic rings. The molecule has 5 nitrogen and oxygen atoms in total. The first kappa shape index (κ1) is 21.0. The van der Waals surface area contributed by atoms with E-state index in [0.29, 0.717) is 12.1 Å². The molecule has 1 aliphatic carbocycles. The Morgan fingerprint density at radius 1 is 1.09 bits per heavy atom. The fourth-order valence-electron chi connectivity index (χ4n) is 5.79. The van der Waals surface area contributed by atoms with Crippen molar-refractivity contribution >= 4 is 5.91 Å². The van der Waals surface area contributed by atoms with Crippen LogP contribution in [0.25, 0.3) is 0 Å². The van der Waals surface area contributed by atoms with E-state index in [1.807, 2.05) is 36.4 Å². The largest absolute Gasteiger partial charge is 0.373 e. The molecule has 3 atom stereocenters. The molecular formula is C27H32N3O2+. The molecule has 0 unspecified atom stereocenters. The molecule has 32 heavy (non-hydrogen) atoms. The summed E-state index contributed by atoms with van der Waals surface area (Å²) < 4.78 is 10.1. The lowest BCUT2D eigenvalue weighted by Crippen LogP contribution is -2.47. The predicted octanol–water partition coefficient (Wildman–Crippen LogP) is 3.69. The molecule has 1 aliphatic heterocycles. The normalized spacial score (nSPS) is 22.7. The Kier molecular flexibility index (Phi) is 5.60. The molecule has 1 aromatic heterocycles. The van der Waals surface area contributed by atoms with Crippen molar-refractivity contribution in [3.8, 4) is 0 Å². The van der Waals surface area contributed by atoms with Crippen LogP contribution in [0.5, 0.6) is 0 Å². The first-order valence-electron chi connectivity index (χ1n) is 11.7. The number of imidazole rings is 1. The van der Waals surface area contributed by atoms with Gasteiger partial charge >= 0.3 is 0 Å². The van der Waals surface area contributed by atoms with Crippen molar-refractivity contribution in [2.45, 2.75) is 56.7 Å². The lowest BCUT2D eigenvalue weighted by atomic mass is 9.64. The summed E-state index contributed by atoms with van der Waals surface area (Å²) >= 11 is 0. The van der Waals surface area contributed by atoms with Crippen LogP contribution in [0.15, 0.2) is 73.1 Å². The molecule has 2 heterocycles. The number of aryl methyl sites for hydroxylation is 1. The summed E-state index contributed by atoms with van der Waals surface area (Å²) in [7, 11) is 0. The number of epoxide rings is 1. The van der Waals surface area contributed by atoms with E-state index in [-0.39, 0.29) is 11.8 Å². The highest BCUT2D eigenvalue weighted by molar-refractivity contribution is 5.91. The molecule has 2 aromatic carbocycles. The van der Waals surface area contributed by atoms with Gasteiger partial charge in [-0.25, -0.2) is 9.13 Å². The van der Waals surface area contributed by atoms with Gasteiger partial charge in [0.1, 0.15) is 23.9 Å². The van der Waals surface area contributed by atoms with Gasteiger partial charge in [-0.2, -0.15) is 0 Å². The number of hydrogen-bond donors (Lipinski definition) is 1. The summed E-state index contributed by atoms with van der Waals surface area (Å²) in [6, 6.07) is 20.6. The number of ether oxygens (including phenoxy) is 1. The molecule has 5 rings (SSSR count). The third-order valence-electron chi connectivity index (χ3n) is 7.55. The fraction of sp³-hybridized carbons (Fsp3) is 0.407. The van der Waals surface area contributed by atoms with Crippen LogP contribution in [-0.4, -0.2) is 23.2 Å². The summed E-state index contributed by atoms with van der Waals surface area (Å²) in [6.45, 7) is 4.08. The van der Waals surface area contributed by atoms with E-state index < -0.39 is 5.41 Å². The lowest BCUT2D eigenvalue weighted by Gasteiger charge is -2.37. The molecule has 1 saturated heterocycles. The van der Waals surface area contributed by atoms with Gasteiger partial charge < -0.3 is 10.5 Å². The molecule has 166 valence electrons. The van der Waals surface area contributed by atoms with Crippen molar-refractivity contribution in [1.29, 1.82) is 0 Å². The number of nitrogens with zero attached hydrogens (tertiary/aromatic N) is 2. The Labute approximate surface area is 189 Å². The summed E-state index contributed by atoms with van der Waals surface area (Å²) in [5.41, 5.74) is 7.41. The number of amides is 1. The second-order valence-electron chi connectivity index (χ2n) is 9.26. The molecule has 0 spiro atoms. The van der Waals surface area contributed by atoms with E-state index in [1.165, 1.54) is 5.82 Å². The first-order chi connectivity index (χ1) is 15.6. The van der Waals surface area contributed by atoms with Crippen LogP contribution in [0, 0.1) is 12.8 Å². The summed E-state index contributed by atoms with van der Waals surface area (Å²) in [5.74, 6) is 1.15. The molecule has 1 amide bonds. The quantitative estimate of drug-likeness (QED) is 0.438. The Morgan fingerprint density at radius 2 is 1.72 bits per heavy atom. The van der Waals surface area contributed by atoms with Crippen molar-refractivity contribution in [3.63, 3.8) is 0 Å². The Hall–Kier alpha value is -2.92. The molecule has 0 radical (unpaired) electrons. The number of carbonyl (C=O) groups is 1. The molecular weight excluding hydrogens is 398 g/mol. The van der Waals surface area contributed by atoms with Gasteiger partial charge in [0.15, 0.2) is 0 Å². The maximum Gasteiger partial charge on any atom is 0.253 e. The number of hydrogen-bond acceptors (Lipinski definition) is 2. The molecule has 3 aromatic rings. The molecule has 2 N–H and O–H groups in total. The zero-order valence-corrected chi connectivity index (χ0v) is 18.7. The van der Waals surface area contributed by atoms with Crippen molar-refractivity contribution in [3.05, 3.63) is 90.0 Å². The van der Waals surface area contributed by atoms with Crippen molar-refractivity contribution in [2.24, 2.45) is 11.7 Å². The highest BCUT2D eigenvalue weighted by Gasteiger charge is 2.51. The van der Waals surface area contributed by atoms with Gasteiger partial charge in [0, 0.05) is 13.3 Å². The van der Waals surface area contributed by atoms with E-state index in [4.69, 9.17) is 10.5 Å². The second kappa shape index (κ2) is 8.55. The van der Waals surface area contributed by atoms with E-state index in [2.05, 4.69) is 52.7 Å². The zero-order valence-electron chi connectivity index (χ0n) is 18.7. The third kappa shape index (κ3) is 3.65. The highest BCUT2D eigenvalue weighted by atomic mass is 16.6. The van der Waals surface area contributed by atoms with Crippen molar-refractivity contribution in [2.75, 3.05) is 6.61 Å². The van der Waals surface area contributed by atoms with Crippen LogP contribution in [0.1, 0.15) is 48.7 Å². The van der Waals surface area contributed by atoms with Crippen LogP contribution in [0.2, 0.25) is 0 Å². The van der Waals surface area contributed by atoms with Gasteiger partial charge in [-0.3, -0.25) is 4.79 Å². The number of carbonyl (C=O) groups excluding carboxylic acids is 1. The monoisotopic (exact) mass is 430 g/mol. The minimum atomic E-state index is -0.822.